The maximum absolute atomic E-state index is 4.50. The number of hydrogen-bond donors (Lipinski definition) is 2. The second kappa shape index (κ2) is 5.64. The molecule has 0 fully saturated rings. The maximum atomic E-state index is 4.50. The van der Waals surface area contributed by atoms with E-state index in [9.17, 15) is 0 Å². The fraction of sp³-hybridized carbons (Fsp3) is 0.438. The summed E-state index contributed by atoms with van der Waals surface area (Å²) in [6, 6.07) is 7.16. The zero-order chi connectivity index (χ0) is 14.1. The Labute approximate surface area is 124 Å². The van der Waals surface area contributed by atoms with E-state index in [1.54, 1.807) is 11.3 Å². The van der Waals surface area contributed by atoms with Gasteiger partial charge in [0.1, 0.15) is 0 Å². The van der Waals surface area contributed by atoms with Crippen LogP contribution in [0, 0.1) is 13.8 Å². The maximum Gasteiger partial charge on any atom is 0.0900 e. The molecule has 2 aromatic rings. The van der Waals surface area contributed by atoms with E-state index in [-0.39, 0.29) is 0 Å². The Balaban J connectivity index is 1.66. The molecule has 1 aromatic heterocycles. The van der Waals surface area contributed by atoms with Gasteiger partial charge in [0.2, 0.25) is 0 Å². The van der Waals surface area contributed by atoms with Gasteiger partial charge < -0.3 is 10.6 Å². The number of fused-ring (bicyclic) bond motifs is 1. The predicted octanol–water partition coefficient (Wildman–Crippen LogP) is 3.21. The minimum Gasteiger partial charge on any atom is -0.309 e. The van der Waals surface area contributed by atoms with Gasteiger partial charge in [-0.25, -0.2) is 4.98 Å². The van der Waals surface area contributed by atoms with E-state index in [0.29, 0.717) is 6.04 Å². The van der Waals surface area contributed by atoms with Crippen molar-refractivity contribution in [2.24, 2.45) is 0 Å². The SMILES string of the molecule is Cc1nc(C)c(C(C)NCc2ccc3c(c2)CNC3)s1. The molecule has 0 amide bonds. The number of aromatic nitrogens is 1. The molecule has 0 radical (unpaired) electrons. The van der Waals surface area contributed by atoms with Gasteiger partial charge in [0.15, 0.2) is 0 Å². The van der Waals surface area contributed by atoms with E-state index in [0.717, 1.165) is 30.3 Å². The average Bonchev–Trinajstić information content (AvgIpc) is 3.01. The average molecular weight is 287 g/mol. The molecule has 0 spiro atoms. The van der Waals surface area contributed by atoms with Gasteiger partial charge >= 0.3 is 0 Å². The van der Waals surface area contributed by atoms with Crippen LogP contribution in [-0.2, 0) is 19.6 Å². The first kappa shape index (κ1) is 13.7. The number of hydrogen-bond acceptors (Lipinski definition) is 4. The Hall–Kier alpha value is -1.23. The van der Waals surface area contributed by atoms with Crippen LogP contribution in [0.2, 0.25) is 0 Å². The van der Waals surface area contributed by atoms with E-state index in [2.05, 4.69) is 54.6 Å². The summed E-state index contributed by atoms with van der Waals surface area (Å²) in [6.07, 6.45) is 0. The largest absolute Gasteiger partial charge is 0.309 e. The van der Waals surface area contributed by atoms with E-state index in [4.69, 9.17) is 0 Å². The van der Waals surface area contributed by atoms with E-state index in [1.165, 1.54) is 21.6 Å². The molecule has 0 aliphatic carbocycles. The summed E-state index contributed by atoms with van der Waals surface area (Å²) in [5.41, 5.74) is 5.40. The van der Waals surface area contributed by atoms with E-state index in [1.807, 2.05) is 0 Å². The molecule has 1 unspecified atom stereocenters. The van der Waals surface area contributed by atoms with Crippen molar-refractivity contribution in [2.45, 2.75) is 46.4 Å². The van der Waals surface area contributed by atoms with Crippen molar-refractivity contribution >= 4 is 11.3 Å². The molecule has 3 nitrogen and oxygen atoms in total. The highest BCUT2D eigenvalue weighted by Gasteiger charge is 2.13. The highest BCUT2D eigenvalue weighted by Crippen LogP contribution is 2.25. The molecule has 0 saturated carbocycles. The lowest BCUT2D eigenvalue weighted by molar-refractivity contribution is 0.579. The molecular formula is C16H21N3S. The second-order valence-electron chi connectivity index (χ2n) is 5.49. The third-order valence-corrected chi connectivity index (χ3v) is 5.10. The van der Waals surface area contributed by atoms with Crippen LogP contribution in [0.3, 0.4) is 0 Å². The van der Waals surface area contributed by atoms with Gasteiger partial charge in [-0.2, -0.15) is 0 Å². The molecule has 1 aromatic carbocycles. The third kappa shape index (κ3) is 2.77. The van der Waals surface area contributed by atoms with Gasteiger partial charge in [0, 0.05) is 30.6 Å². The first-order valence-electron chi connectivity index (χ1n) is 7.12. The van der Waals surface area contributed by atoms with Crippen molar-refractivity contribution < 1.29 is 0 Å². The smallest absolute Gasteiger partial charge is 0.0900 e. The lowest BCUT2D eigenvalue weighted by atomic mass is 10.1. The van der Waals surface area contributed by atoms with Crippen molar-refractivity contribution in [2.75, 3.05) is 0 Å². The highest BCUT2D eigenvalue weighted by atomic mass is 32.1. The van der Waals surface area contributed by atoms with Gasteiger partial charge in [-0.3, -0.25) is 0 Å². The normalized spacial score (nSPS) is 15.3. The minimum absolute atomic E-state index is 0.354. The molecule has 2 N–H and O–H groups in total. The molecule has 4 heteroatoms. The lowest BCUT2D eigenvalue weighted by Gasteiger charge is -2.13. The van der Waals surface area contributed by atoms with E-state index < -0.39 is 0 Å². The molecule has 3 rings (SSSR count). The first-order valence-corrected chi connectivity index (χ1v) is 7.94. The lowest BCUT2D eigenvalue weighted by Crippen LogP contribution is -2.18. The van der Waals surface area contributed by atoms with Gasteiger partial charge in [-0.15, -0.1) is 11.3 Å². The highest BCUT2D eigenvalue weighted by molar-refractivity contribution is 7.11. The fourth-order valence-corrected chi connectivity index (χ4v) is 3.72. The van der Waals surface area contributed by atoms with Gasteiger partial charge in [0.25, 0.3) is 0 Å². The van der Waals surface area contributed by atoms with Crippen molar-refractivity contribution in [3.8, 4) is 0 Å². The Bertz CT molecular complexity index is 618. The predicted molar refractivity (Wildman–Crippen MR) is 83.8 cm³/mol. The zero-order valence-electron chi connectivity index (χ0n) is 12.3. The first-order chi connectivity index (χ1) is 9.63. The van der Waals surface area contributed by atoms with Crippen LogP contribution in [0.5, 0.6) is 0 Å². The van der Waals surface area contributed by atoms with Crippen molar-refractivity contribution in [3.63, 3.8) is 0 Å². The van der Waals surface area contributed by atoms with Crippen molar-refractivity contribution in [3.05, 3.63) is 50.5 Å². The van der Waals surface area contributed by atoms with E-state index >= 15 is 0 Å². The van der Waals surface area contributed by atoms with Crippen molar-refractivity contribution in [1.29, 1.82) is 0 Å². The number of nitrogens with one attached hydrogen (secondary N) is 2. The molecule has 0 bridgehead atoms. The third-order valence-electron chi connectivity index (χ3n) is 3.85. The Kier molecular flexibility index (Phi) is 3.87. The van der Waals surface area contributed by atoms with Crippen LogP contribution in [0.15, 0.2) is 18.2 Å². The van der Waals surface area contributed by atoms with Gasteiger partial charge in [0.05, 0.1) is 10.7 Å². The second-order valence-corrected chi connectivity index (χ2v) is 6.73. The summed E-state index contributed by atoms with van der Waals surface area (Å²) in [5.74, 6) is 0. The molecule has 106 valence electrons. The number of benzene rings is 1. The van der Waals surface area contributed by atoms with Crippen LogP contribution in [0.4, 0.5) is 0 Å². The van der Waals surface area contributed by atoms with Crippen LogP contribution < -0.4 is 10.6 Å². The molecule has 0 saturated heterocycles. The van der Waals surface area contributed by atoms with Gasteiger partial charge in [-0.05, 0) is 37.5 Å². The van der Waals surface area contributed by atoms with Crippen LogP contribution >= 0.6 is 11.3 Å². The Morgan fingerprint density at radius 1 is 1.30 bits per heavy atom. The van der Waals surface area contributed by atoms with Crippen LogP contribution in [0.1, 0.15) is 45.2 Å². The summed E-state index contributed by atoms with van der Waals surface area (Å²) < 4.78 is 0. The molecule has 2 heterocycles. The summed E-state index contributed by atoms with van der Waals surface area (Å²) >= 11 is 1.79. The topological polar surface area (TPSA) is 37.0 Å². The molecule has 20 heavy (non-hydrogen) atoms. The number of aryl methyl sites for hydroxylation is 2. The summed E-state index contributed by atoms with van der Waals surface area (Å²) in [4.78, 5) is 5.86. The number of rotatable bonds is 4. The zero-order valence-corrected chi connectivity index (χ0v) is 13.1. The monoisotopic (exact) mass is 287 g/mol. The number of nitrogens with zero attached hydrogens (tertiary/aromatic N) is 1. The van der Waals surface area contributed by atoms with Crippen molar-refractivity contribution in [1.82, 2.24) is 15.6 Å². The summed E-state index contributed by atoms with van der Waals surface area (Å²) in [7, 11) is 0. The van der Waals surface area contributed by atoms with Gasteiger partial charge in [-0.1, -0.05) is 18.2 Å². The minimum atomic E-state index is 0.354. The van der Waals surface area contributed by atoms with Crippen LogP contribution in [-0.4, -0.2) is 4.98 Å². The van der Waals surface area contributed by atoms with Crippen LogP contribution in [0.25, 0.3) is 0 Å². The Morgan fingerprint density at radius 2 is 2.10 bits per heavy atom. The molecule has 1 aliphatic heterocycles. The summed E-state index contributed by atoms with van der Waals surface area (Å²) in [5, 5.41) is 8.15. The fourth-order valence-electron chi connectivity index (χ4n) is 2.77. The number of thiazole rings is 1. The standard InChI is InChI=1S/C16H21N3S/c1-10(16-11(2)19-12(3)20-16)18-7-13-4-5-14-8-17-9-15(14)6-13/h4-6,10,17-18H,7-9H2,1-3H3. The molecule has 1 aliphatic rings. The molecular weight excluding hydrogens is 266 g/mol. The quantitative estimate of drug-likeness (QED) is 0.906. The summed E-state index contributed by atoms with van der Waals surface area (Å²) in [6.45, 7) is 9.31. The molecule has 1 atom stereocenters. The Morgan fingerprint density at radius 3 is 2.85 bits per heavy atom.